The van der Waals surface area contributed by atoms with Crippen molar-refractivity contribution in [3.63, 3.8) is 0 Å². The van der Waals surface area contributed by atoms with Gasteiger partial charge in [-0.15, -0.1) is 0 Å². The average Bonchev–Trinajstić information content (AvgIpc) is 2.60. The maximum Gasteiger partial charge on any atom is 0.0708 e. The topological polar surface area (TPSA) is 29.9 Å². The zero-order valence-electron chi connectivity index (χ0n) is 11.2. The fourth-order valence-electron chi connectivity index (χ4n) is 2.05. The van der Waals surface area contributed by atoms with Gasteiger partial charge in [0.25, 0.3) is 0 Å². The number of aryl methyl sites for hydroxylation is 1. The molecular weight excluding hydrogens is 246 g/mol. The molecule has 1 aromatic heterocycles. The second kappa shape index (κ2) is 5.12. The molecule has 3 nitrogen and oxygen atoms in total. The van der Waals surface area contributed by atoms with E-state index in [4.69, 9.17) is 11.6 Å². The van der Waals surface area contributed by atoms with Gasteiger partial charge in [-0.1, -0.05) is 17.7 Å². The summed E-state index contributed by atoms with van der Waals surface area (Å²) >= 11 is 6.28. The third kappa shape index (κ3) is 2.16. The van der Waals surface area contributed by atoms with Gasteiger partial charge in [0.1, 0.15) is 0 Å². The molecule has 0 saturated carbocycles. The molecule has 4 heteroatoms. The van der Waals surface area contributed by atoms with Crippen LogP contribution in [-0.2, 0) is 6.54 Å². The average molecular weight is 264 g/mol. The summed E-state index contributed by atoms with van der Waals surface area (Å²) in [7, 11) is 1.92. The quantitative estimate of drug-likeness (QED) is 0.922. The van der Waals surface area contributed by atoms with Crippen molar-refractivity contribution in [2.24, 2.45) is 0 Å². The van der Waals surface area contributed by atoms with Crippen molar-refractivity contribution in [1.82, 2.24) is 15.1 Å². The van der Waals surface area contributed by atoms with E-state index in [1.165, 1.54) is 5.56 Å². The molecule has 0 radical (unpaired) electrons. The zero-order valence-corrected chi connectivity index (χ0v) is 12.0. The monoisotopic (exact) mass is 263 g/mol. The Morgan fingerprint density at radius 3 is 2.56 bits per heavy atom. The van der Waals surface area contributed by atoms with Gasteiger partial charge in [0, 0.05) is 22.8 Å². The predicted molar refractivity (Wildman–Crippen MR) is 75.5 cm³/mol. The molecule has 96 valence electrons. The Hall–Kier alpha value is -1.32. The molecule has 0 unspecified atom stereocenters. The van der Waals surface area contributed by atoms with Crippen LogP contribution in [0.25, 0.3) is 5.69 Å². The first kappa shape index (κ1) is 13.1. The van der Waals surface area contributed by atoms with E-state index >= 15 is 0 Å². The van der Waals surface area contributed by atoms with E-state index in [-0.39, 0.29) is 0 Å². The molecule has 0 fully saturated rings. The summed E-state index contributed by atoms with van der Waals surface area (Å²) in [6, 6.07) is 5.93. The minimum Gasteiger partial charge on any atom is -0.316 e. The van der Waals surface area contributed by atoms with Crippen molar-refractivity contribution in [2.45, 2.75) is 27.3 Å². The molecule has 1 heterocycles. The number of rotatable bonds is 3. The summed E-state index contributed by atoms with van der Waals surface area (Å²) in [5, 5.41) is 8.51. The minimum absolute atomic E-state index is 0.729. The second-order valence-corrected chi connectivity index (χ2v) is 4.88. The van der Waals surface area contributed by atoms with Crippen molar-refractivity contribution in [1.29, 1.82) is 0 Å². The molecule has 0 aliphatic heterocycles. The van der Waals surface area contributed by atoms with Crippen LogP contribution in [0.15, 0.2) is 18.2 Å². The third-order valence-corrected chi connectivity index (χ3v) is 3.68. The number of hydrogen-bond donors (Lipinski definition) is 1. The Morgan fingerprint density at radius 1 is 1.28 bits per heavy atom. The Morgan fingerprint density at radius 2 is 2.00 bits per heavy atom. The highest BCUT2D eigenvalue weighted by molar-refractivity contribution is 6.31. The molecule has 0 saturated heterocycles. The standard InChI is InChI=1S/C14H18ClN3/c1-9-10(2)17-18(11(9)3)14-7-5-6-13(15)12(14)8-16-4/h5-7,16H,8H2,1-4H3. The van der Waals surface area contributed by atoms with Crippen LogP contribution < -0.4 is 5.32 Å². The lowest BCUT2D eigenvalue weighted by molar-refractivity contribution is 0.775. The number of benzene rings is 1. The van der Waals surface area contributed by atoms with Crippen LogP contribution >= 0.6 is 11.6 Å². The molecule has 0 atom stereocenters. The van der Waals surface area contributed by atoms with Crippen LogP contribution in [-0.4, -0.2) is 16.8 Å². The van der Waals surface area contributed by atoms with E-state index in [9.17, 15) is 0 Å². The van der Waals surface area contributed by atoms with Crippen molar-refractivity contribution in [3.8, 4) is 5.69 Å². The molecule has 1 aromatic carbocycles. The Kier molecular flexibility index (Phi) is 3.73. The van der Waals surface area contributed by atoms with Gasteiger partial charge in [-0.05, 0) is 45.5 Å². The lowest BCUT2D eigenvalue weighted by atomic mass is 10.1. The molecule has 0 bridgehead atoms. The first-order valence-corrected chi connectivity index (χ1v) is 6.39. The molecule has 0 aliphatic carbocycles. The Bertz CT molecular complexity index is 573. The fraction of sp³-hybridized carbons (Fsp3) is 0.357. The van der Waals surface area contributed by atoms with Crippen LogP contribution in [0.2, 0.25) is 5.02 Å². The van der Waals surface area contributed by atoms with E-state index in [1.807, 2.05) is 30.8 Å². The maximum atomic E-state index is 6.28. The molecule has 1 N–H and O–H groups in total. The number of nitrogens with zero attached hydrogens (tertiary/aromatic N) is 2. The Balaban J connectivity index is 2.63. The van der Waals surface area contributed by atoms with Gasteiger partial charge in [-0.3, -0.25) is 0 Å². The van der Waals surface area contributed by atoms with Crippen molar-refractivity contribution in [2.75, 3.05) is 7.05 Å². The smallest absolute Gasteiger partial charge is 0.0708 e. The van der Waals surface area contributed by atoms with Crippen LogP contribution in [0.3, 0.4) is 0 Å². The van der Waals surface area contributed by atoms with Gasteiger partial charge in [-0.25, -0.2) is 4.68 Å². The largest absolute Gasteiger partial charge is 0.316 e. The zero-order chi connectivity index (χ0) is 13.3. The molecule has 0 aliphatic rings. The molecule has 2 rings (SSSR count). The van der Waals surface area contributed by atoms with Crippen LogP contribution in [0.4, 0.5) is 0 Å². The van der Waals surface area contributed by atoms with Gasteiger partial charge < -0.3 is 5.32 Å². The van der Waals surface area contributed by atoms with Crippen LogP contribution in [0.5, 0.6) is 0 Å². The highest BCUT2D eigenvalue weighted by Crippen LogP contribution is 2.25. The summed E-state index contributed by atoms with van der Waals surface area (Å²) < 4.78 is 1.98. The van der Waals surface area contributed by atoms with Crippen LogP contribution in [0, 0.1) is 20.8 Å². The summed E-state index contributed by atoms with van der Waals surface area (Å²) in [5.74, 6) is 0. The normalized spacial score (nSPS) is 10.9. The molecule has 2 aromatic rings. The molecule has 18 heavy (non-hydrogen) atoms. The van der Waals surface area contributed by atoms with Crippen LogP contribution in [0.1, 0.15) is 22.5 Å². The summed E-state index contributed by atoms with van der Waals surface area (Å²) in [4.78, 5) is 0. The molecular formula is C14H18ClN3. The van der Waals surface area contributed by atoms with Gasteiger partial charge >= 0.3 is 0 Å². The predicted octanol–water partition coefficient (Wildman–Crippen LogP) is 3.17. The number of nitrogens with one attached hydrogen (secondary N) is 1. The molecule has 0 amide bonds. The van der Waals surface area contributed by atoms with Crippen molar-refractivity contribution >= 4 is 11.6 Å². The van der Waals surface area contributed by atoms with Gasteiger partial charge in [-0.2, -0.15) is 5.10 Å². The van der Waals surface area contributed by atoms with E-state index in [0.717, 1.165) is 34.2 Å². The van der Waals surface area contributed by atoms with E-state index in [1.54, 1.807) is 0 Å². The second-order valence-electron chi connectivity index (χ2n) is 4.48. The molecule has 0 spiro atoms. The lowest BCUT2D eigenvalue weighted by Crippen LogP contribution is -2.11. The van der Waals surface area contributed by atoms with E-state index in [0.29, 0.717) is 0 Å². The minimum atomic E-state index is 0.729. The summed E-state index contributed by atoms with van der Waals surface area (Å²) in [6.07, 6.45) is 0. The van der Waals surface area contributed by atoms with Gasteiger partial charge in [0.05, 0.1) is 11.4 Å². The summed E-state index contributed by atoms with van der Waals surface area (Å²) in [5.41, 5.74) is 5.57. The first-order valence-electron chi connectivity index (χ1n) is 6.01. The highest BCUT2D eigenvalue weighted by Gasteiger charge is 2.13. The number of aromatic nitrogens is 2. The summed E-state index contributed by atoms with van der Waals surface area (Å²) in [6.45, 7) is 6.93. The first-order chi connectivity index (χ1) is 8.56. The fourth-order valence-corrected chi connectivity index (χ4v) is 2.29. The van der Waals surface area contributed by atoms with Crippen molar-refractivity contribution < 1.29 is 0 Å². The third-order valence-electron chi connectivity index (χ3n) is 3.33. The van der Waals surface area contributed by atoms with Gasteiger partial charge in [0.15, 0.2) is 0 Å². The van der Waals surface area contributed by atoms with E-state index in [2.05, 4.69) is 30.3 Å². The highest BCUT2D eigenvalue weighted by atomic mass is 35.5. The maximum absolute atomic E-state index is 6.28. The number of halogens is 1. The lowest BCUT2D eigenvalue weighted by Gasteiger charge is -2.12. The van der Waals surface area contributed by atoms with Crippen molar-refractivity contribution in [3.05, 3.63) is 45.7 Å². The van der Waals surface area contributed by atoms with Gasteiger partial charge in [0.2, 0.25) is 0 Å². The van der Waals surface area contributed by atoms with E-state index < -0.39 is 0 Å². The Labute approximate surface area is 113 Å². The number of hydrogen-bond acceptors (Lipinski definition) is 2. The SMILES string of the molecule is CNCc1c(Cl)cccc1-n1nc(C)c(C)c1C.